The molecule has 1 aliphatic heterocycles. The van der Waals surface area contributed by atoms with E-state index in [0.717, 1.165) is 5.69 Å². The van der Waals surface area contributed by atoms with Crippen LogP contribution in [0, 0.1) is 5.92 Å². The van der Waals surface area contributed by atoms with Gasteiger partial charge in [0.05, 0.1) is 22.0 Å². The number of hydrogen-bond donors (Lipinski definition) is 2. The smallest absolute Gasteiger partial charge is 0.257 e. The summed E-state index contributed by atoms with van der Waals surface area (Å²) in [5, 5.41) is 3.70. The summed E-state index contributed by atoms with van der Waals surface area (Å²) in [5.41, 5.74) is 7.37. The summed E-state index contributed by atoms with van der Waals surface area (Å²) in [4.78, 5) is 26.1. The SMILES string of the molecule is NC(=O)C1CCN(c2ccccc2NC(=O)c2ccc(Cl)cc2Cl)CC1. The zero-order chi connectivity index (χ0) is 18.7. The normalized spacial score (nSPS) is 14.9. The van der Waals surface area contributed by atoms with Crippen LogP contribution >= 0.6 is 23.2 Å². The molecule has 0 aliphatic carbocycles. The van der Waals surface area contributed by atoms with Crippen molar-refractivity contribution in [1.29, 1.82) is 0 Å². The average molecular weight is 392 g/mol. The van der Waals surface area contributed by atoms with Crippen LogP contribution in [-0.4, -0.2) is 24.9 Å². The third kappa shape index (κ3) is 4.11. The Morgan fingerprint density at radius 2 is 1.77 bits per heavy atom. The number of primary amides is 1. The van der Waals surface area contributed by atoms with E-state index in [1.54, 1.807) is 18.2 Å². The highest BCUT2D eigenvalue weighted by Gasteiger charge is 2.24. The highest BCUT2D eigenvalue weighted by Crippen LogP contribution is 2.31. The van der Waals surface area contributed by atoms with Crippen LogP contribution in [0.25, 0.3) is 0 Å². The minimum atomic E-state index is -0.300. The summed E-state index contributed by atoms with van der Waals surface area (Å²) in [6, 6.07) is 12.3. The first-order valence-corrected chi connectivity index (χ1v) is 9.11. The molecule has 2 aromatic rings. The fourth-order valence-corrected chi connectivity index (χ4v) is 3.62. The standard InChI is InChI=1S/C19H19Cl2N3O2/c20-13-5-6-14(15(21)11-13)19(26)23-16-3-1-2-4-17(16)24-9-7-12(8-10-24)18(22)25/h1-6,11-12H,7-10H2,(H2,22,25)(H,23,26). The molecule has 26 heavy (non-hydrogen) atoms. The second kappa shape index (κ2) is 7.98. The number of benzene rings is 2. The predicted octanol–water partition coefficient (Wildman–Crippen LogP) is 3.95. The molecule has 0 bridgehead atoms. The maximum Gasteiger partial charge on any atom is 0.257 e. The molecule has 1 fully saturated rings. The summed E-state index contributed by atoms with van der Waals surface area (Å²) in [5.74, 6) is -0.629. The second-order valence-electron chi connectivity index (χ2n) is 6.26. The van der Waals surface area contributed by atoms with Crippen molar-refractivity contribution in [1.82, 2.24) is 0 Å². The van der Waals surface area contributed by atoms with Gasteiger partial charge in [0.25, 0.3) is 5.91 Å². The number of carbonyl (C=O) groups excluding carboxylic acids is 2. The molecule has 0 saturated carbocycles. The topological polar surface area (TPSA) is 75.4 Å². The first-order chi connectivity index (χ1) is 12.5. The van der Waals surface area contributed by atoms with E-state index in [-0.39, 0.29) is 17.7 Å². The van der Waals surface area contributed by atoms with E-state index in [1.807, 2.05) is 24.3 Å². The van der Waals surface area contributed by atoms with Crippen molar-refractivity contribution in [3.05, 3.63) is 58.1 Å². The number of amides is 2. The highest BCUT2D eigenvalue weighted by atomic mass is 35.5. The third-order valence-electron chi connectivity index (χ3n) is 4.57. The van der Waals surface area contributed by atoms with Gasteiger partial charge in [-0.2, -0.15) is 0 Å². The van der Waals surface area contributed by atoms with Crippen molar-refractivity contribution < 1.29 is 9.59 Å². The Balaban J connectivity index is 1.77. The molecule has 5 nitrogen and oxygen atoms in total. The number of nitrogens with two attached hydrogens (primary N) is 1. The van der Waals surface area contributed by atoms with Gasteiger partial charge in [-0.3, -0.25) is 9.59 Å². The Hall–Kier alpha value is -2.24. The number of rotatable bonds is 4. The summed E-state index contributed by atoms with van der Waals surface area (Å²) < 4.78 is 0. The zero-order valence-electron chi connectivity index (χ0n) is 14.0. The van der Waals surface area contributed by atoms with E-state index >= 15 is 0 Å². The van der Waals surface area contributed by atoms with Crippen molar-refractivity contribution >= 4 is 46.4 Å². The molecule has 3 N–H and O–H groups in total. The van der Waals surface area contributed by atoms with Gasteiger partial charge >= 0.3 is 0 Å². The van der Waals surface area contributed by atoms with E-state index in [1.165, 1.54) is 0 Å². The molecule has 1 heterocycles. The molecule has 0 unspecified atom stereocenters. The zero-order valence-corrected chi connectivity index (χ0v) is 15.6. The molecule has 7 heteroatoms. The molecular formula is C19H19Cl2N3O2. The number of hydrogen-bond acceptors (Lipinski definition) is 3. The van der Waals surface area contributed by atoms with Gasteiger partial charge in [-0.1, -0.05) is 35.3 Å². The van der Waals surface area contributed by atoms with Crippen molar-refractivity contribution in [2.24, 2.45) is 11.7 Å². The summed E-state index contributed by atoms with van der Waals surface area (Å²) >= 11 is 12.0. The van der Waals surface area contributed by atoms with Gasteiger partial charge < -0.3 is 16.0 Å². The number of carbonyl (C=O) groups is 2. The molecule has 2 amide bonds. The van der Waals surface area contributed by atoms with E-state index in [0.29, 0.717) is 47.2 Å². The first-order valence-electron chi connectivity index (χ1n) is 8.35. The van der Waals surface area contributed by atoms with Crippen LogP contribution in [-0.2, 0) is 4.79 Å². The van der Waals surface area contributed by atoms with Crippen molar-refractivity contribution in [3.63, 3.8) is 0 Å². The number of para-hydroxylation sites is 2. The highest BCUT2D eigenvalue weighted by molar-refractivity contribution is 6.37. The van der Waals surface area contributed by atoms with Gasteiger partial charge in [0.1, 0.15) is 0 Å². The number of halogens is 2. The fraction of sp³-hybridized carbons (Fsp3) is 0.263. The van der Waals surface area contributed by atoms with Crippen LogP contribution in [0.2, 0.25) is 10.0 Å². The fourth-order valence-electron chi connectivity index (χ4n) is 3.12. The van der Waals surface area contributed by atoms with Crippen molar-refractivity contribution in [2.75, 3.05) is 23.3 Å². The van der Waals surface area contributed by atoms with E-state index in [2.05, 4.69) is 10.2 Å². The lowest BCUT2D eigenvalue weighted by atomic mass is 9.96. The molecule has 0 atom stereocenters. The monoisotopic (exact) mass is 391 g/mol. The molecular weight excluding hydrogens is 373 g/mol. The first kappa shape index (κ1) is 18.5. The van der Waals surface area contributed by atoms with Gasteiger partial charge in [0.15, 0.2) is 0 Å². The molecule has 0 aromatic heterocycles. The number of nitrogens with one attached hydrogen (secondary N) is 1. The van der Waals surface area contributed by atoms with E-state index in [9.17, 15) is 9.59 Å². The van der Waals surface area contributed by atoms with Gasteiger partial charge in [-0.05, 0) is 43.2 Å². The molecule has 0 radical (unpaired) electrons. The Kier molecular flexibility index (Phi) is 5.69. The van der Waals surface area contributed by atoms with Gasteiger partial charge in [-0.25, -0.2) is 0 Å². The Morgan fingerprint density at radius 1 is 1.08 bits per heavy atom. The van der Waals surface area contributed by atoms with Crippen molar-refractivity contribution in [2.45, 2.75) is 12.8 Å². The number of nitrogens with zero attached hydrogens (tertiary/aromatic N) is 1. The van der Waals surface area contributed by atoms with Crippen molar-refractivity contribution in [3.8, 4) is 0 Å². The Bertz CT molecular complexity index is 833. The molecule has 3 rings (SSSR count). The molecule has 1 aliphatic rings. The lowest BCUT2D eigenvalue weighted by Crippen LogP contribution is -2.38. The van der Waals surface area contributed by atoms with Gasteiger partial charge in [0, 0.05) is 24.0 Å². The Morgan fingerprint density at radius 3 is 2.42 bits per heavy atom. The average Bonchev–Trinajstić information content (AvgIpc) is 2.62. The summed E-state index contributed by atoms with van der Waals surface area (Å²) in [6.45, 7) is 1.42. The van der Waals surface area contributed by atoms with Gasteiger partial charge in [-0.15, -0.1) is 0 Å². The number of piperidine rings is 1. The quantitative estimate of drug-likeness (QED) is 0.828. The van der Waals surface area contributed by atoms with Gasteiger partial charge in [0.2, 0.25) is 5.91 Å². The van der Waals surface area contributed by atoms with E-state index < -0.39 is 0 Å². The third-order valence-corrected chi connectivity index (χ3v) is 5.11. The second-order valence-corrected chi connectivity index (χ2v) is 7.10. The molecule has 136 valence electrons. The van der Waals surface area contributed by atoms with Crippen LogP contribution in [0.3, 0.4) is 0 Å². The summed E-state index contributed by atoms with van der Waals surface area (Å²) in [7, 11) is 0. The van der Waals surface area contributed by atoms with Crippen LogP contribution in [0.1, 0.15) is 23.2 Å². The molecule has 1 saturated heterocycles. The lowest BCUT2D eigenvalue weighted by molar-refractivity contribution is -0.122. The predicted molar refractivity (Wildman–Crippen MR) is 105 cm³/mol. The lowest BCUT2D eigenvalue weighted by Gasteiger charge is -2.33. The van der Waals surface area contributed by atoms with Crippen LogP contribution in [0.5, 0.6) is 0 Å². The Labute approximate surface area is 162 Å². The number of anilines is 2. The van der Waals surface area contributed by atoms with E-state index in [4.69, 9.17) is 28.9 Å². The van der Waals surface area contributed by atoms with Crippen LogP contribution < -0.4 is 16.0 Å². The maximum absolute atomic E-state index is 12.6. The maximum atomic E-state index is 12.6. The van der Waals surface area contributed by atoms with Crippen LogP contribution in [0.4, 0.5) is 11.4 Å². The largest absolute Gasteiger partial charge is 0.370 e. The minimum absolute atomic E-state index is 0.0825. The minimum Gasteiger partial charge on any atom is -0.370 e. The van der Waals surface area contributed by atoms with Crippen LogP contribution in [0.15, 0.2) is 42.5 Å². The molecule has 2 aromatic carbocycles. The summed E-state index contributed by atoms with van der Waals surface area (Å²) in [6.07, 6.45) is 1.42. The molecule has 0 spiro atoms.